The quantitative estimate of drug-likeness (QED) is 0.859. The Labute approximate surface area is 111 Å². The number of benzene rings is 1. The Balaban J connectivity index is 1.65. The molecule has 3 nitrogen and oxygen atoms in total. The highest BCUT2D eigenvalue weighted by molar-refractivity contribution is 5.44. The summed E-state index contributed by atoms with van der Waals surface area (Å²) in [5, 5.41) is 3.49. The monoisotopic (exact) mass is 247 g/mol. The lowest BCUT2D eigenvalue weighted by Gasteiger charge is -2.34. The maximum absolute atomic E-state index is 3.49. The van der Waals surface area contributed by atoms with Crippen molar-refractivity contribution in [3.05, 3.63) is 29.8 Å². The number of anilines is 1. The van der Waals surface area contributed by atoms with Crippen molar-refractivity contribution in [2.24, 2.45) is 0 Å². The third-order valence-corrected chi connectivity index (χ3v) is 3.72. The Hall–Kier alpha value is -1.06. The molecule has 1 aliphatic rings. The van der Waals surface area contributed by atoms with Crippen LogP contribution in [-0.2, 0) is 0 Å². The molecule has 0 bridgehead atoms. The van der Waals surface area contributed by atoms with Gasteiger partial charge in [0, 0.05) is 45.0 Å². The van der Waals surface area contributed by atoms with Crippen LogP contribution in [0.1, 0.15) is 12.5 Å². The molecule has 1 N–H and O–H groups in total. The van der Waals surface area contributed by atoms with Gasteiger partial charge in [-0.25, -0.2) is 0 Å². The normalized spacial score (nSPS) is 17.9. The largest absolute Gasteiger partial charge is 0.384 e. The third kappa shape index (κ3) is 4.00. The highest BCUT2D eigenvalue weighted by atomic mass is 15.3. The summed E-state index contributed by atoms with van der Waals surface area (Å²) in [5.41, 5.74) is 2.55. The number of hydrogen-bond donors (Lipinski definition) is 1. The molecule has 100 valence electrons. The van der Waals surface area contributed by atoms with E-state index in [9.17, 15) is 0 Å². The molecule has 1 aliphatic heterocycles. The fourth-order valence-corrected chi connectivity index (χ4v) is 2.36. The van der Waals surface area contributed by atoms with Crippen molar-refractivity contribution in [1.82, 2.24) is 9.80 Å². The molecule has 0 aromatic heterocycles. The first kappa shape index (κ1) is 13.4. The zero-order valence-corrected chi connectivity index (χ0v) is 11.7. The van der Waals surface area contributed by atoms with Crippen molar-refractivity contribution < 1.29 is 0 Å². The Morgan fingerprint density at radius 3 is 2.22 bits per heavy atom. The van der Waals surface area contributed by atoms with E-state index >= 15 is 0 Å². The van der Waals surface area contributed by atoms with Crippen molar-refractivity contribution in [3.8, 4) is 0 Å². The Bertz CT molecular complexity index is 339. The van der Waals surface area contributed by atoms with Crippen LogP contribution >= 0.6 is 0 Å². The van der Waals surface area contributed by atoms with E-state index in [0.29, 0.717) is 0 Å². The number of hydrogen-bond acceptors (Lipinski definition) is 3. The number of piperazine rings is 1. The second-order valence-corrected chi connectivity index (χ2v) is 5.07. The third-order valence-electron chi connectivity index (χ3n) is 3.72. The number of nitrogens with zero attached hydrogens (tertiary/aromatic N) is 2. The second-order valence-electron chi connectivity index (χ2n) is 5.07. The Morgan fingerprint density at radius 1 is 1.00 bits per heavy atom. The van der Waals surface area contributed by atoms with Gasteiger partial charge in [-0.05, 0) is 25.6 Å². The fraction of sp³-hybridized carbons (Fsp3) is 0.600. The van der Waals surface area contributed by atoms with Crippen molar-refractivity contribution >= 4 is 5.69 Å². The van der Waals surface area contributed by atoms with Gasteiger partial charge in [-0.15, -0.1) is 0 Å². The minimum atomic E-state index is 1.04. The van der Waals surface area contributed by atoms with Crippen molar-refractivity contribution in [1.29, 1.82) is 0 Å². The van der Waals surface area contributed by atoms with E-state index < -0.39 is 0 Å². The van der Waals surface area contributed by atoms with Crippen LogP contribution in [0.3, 0.4) is 0 Å². The van der Waals surface area contributed by atoms with Gasteiger partial charge in [0.25, 0.3) is 0 Å². The molecule has 1 aromatic rings. The molecule has 1 fully saturated rings. The second kappa shape index (κ2) is 6.76. The van der Waals surface area contributed by atoms with Gasteiger partial charge >= 0.3 is 0 Å². The van der Waals surface area contributed by atoms with Crippen LogP contribution in [0.4, 0.5) is 5.69 Å². The SMILES string of the molecule is CCN1CCN(CCNc2ccc(C)cc2)CC1. The number of likely N-dealkylation sites (N-methyl/N-ethyl adjacent to an activating group) is 1. The van der Waals surface area contributed by atoms with E-state index in [0.717, 1.165) is 13.1 Å². The van der Waals surface area contributed by atoms with E-state index in [-0.39, 0.29) is 0 Å². The van der Waals surface area contributed by atoms with Gasteiger partial charge in [-0.2, -0.15) is 0 Å². The highest BCUT2D eigenvalue weighted by Crippen LogP contribution is 2.08. The van der Waals surface area contributed by atoms with Gasteiger partial charge in [0.05, 0.1) is 0 Å². The van der Waals surface area contributed by atoms with E-state index in [1.165, 1.54) is 44.0 Å². The molecule has 0 aliphatic carbocycles. The first-order chi connectivity index (χ1) is 8.78. The molecule has 18 heavy (non-hydrogen) atoms. The maximum Gasteiger partial charge on any atom is 0.0340 e. The average Bonchev–Trinajstić information content (AvgIpc) is 2.42. The van der Waals surface area contributed by atoms with Gasteiger partial charge in [0.15, 0.2) is 0 Å². The summed E-state index contributed by atoms with van der Waals surface area (Å²) in [6.07, 6.45) is 0. The van der Waals surface area contributed by atoms with Crippen LogP contribution in [-0.4, -0.2) is 55.6 Å². The molecule has 0 saturated carbocycles. The Morgan fingerprint density at radius 2 is 1.61 bits per heavy atom. The van der Waals surface area contributed by atoms with Crippen molar-refractivity contribution in [2.45, 2.75) is 13.8 Å². The molecule has 1 saturated heterocycles. The van der Waals surface area contributed by atoms with Gasteiger partial charge in [-0.1, -0.05) is 24.6 Å². The summed E-state index contributed by atoms with van der Waals surface area (Å²) in [7, 11) is 0. The molecule has 0 amide bonds. The lowest BCUT2D eigenvalue weighted by molar-refractivity contribution is 0.141. The summed E-state index contributed by atoms with van der Waals surface area (Å²) in [5.74, 6) is 0. The smallest absolute Gasteiger partial charge is 0.0340 e. The lowest BCUT2D eigenvalue weighted by atomic mass is 10.2. The van der Waals surface area contributed by atoms with Crippen LogP contribution in [0.25, 0.3) is 0 Å². The molecule has 1 aromatic carbocycles. The van der Waals surface area contributed by atoms with Crippen LogP contribution in [0.5, 0.6) is 0 Å². The molecule has 0 radical (unpaired) electrons. The predicted octanol–water partition coefficient (Wildman–Crippen LogP) is 2.04. The van der Waals surface area contributed by atoms with Crippen molar-refractivity contribution in [3.63, 3.8) is 0 Å². The molecule has 1 heterocycles. The average molecular weight is 247 g/mol. The Kier molecular flexibility index (Phi) is 5.02. The first-order valence-corrected chi connectivity index (χ1v) is 7.03. The first-order valence-electron chi connectivity index (χ1n) is 7.03. The van der Waals surface area contributed by atoms with Gasteiger partial charge in [-0.3, -0.25) is 4.90 Å². The minimum Gasteiger partial charge on any atom is -0.384 e. The minimum absolute atomic E-state index is 1.04. The number of nitrogens with one attached hydrogen (secondary N) is 1. The topological polar surface area (TPSA) is 18.5 Å². The van der Waals surface area contributed by atoms with E-state index in [1.54, 1.807) is 0 Å². The summed E-state index contributed by atoms with van der Waals surface area (Å²) < 4.78 is 0. The van der Waals surface area contributed by atoms with Gasteiger partial charge in [0.2, 0.25) is 0 Å². The van der Waals surface area contributed by atoms with Crippen LogP contribution in [0, 0.1) is 6.92 Å². The predicted molar refractivity (Wildman–Crippen MR) is 78.2 cm³/mol. The number of rotatable bonds is 5. The highest BCUT2D eigenvalue weighted by Gasteiger charge is 2.14. The number of aryl methyl sites for hydroxylation is 1. The molecular formula is C15H25N3. The van der Waals surface area contributed by atoms with E-state index in [2.05, 4.69) is 53.2 Å². The molecule has 2 rings (SSSR count). The van der Waals surface area contributed by atoms with Crippen LogP contribution in [0.2, 0.25) is 0 Å². The molecule has 0 atom stereocenters. The summed E-state index contributed by atoms with van der Waals surface area (Å²) >= 11 is 0. The lowest BCUT2D eigenvalue weighted by Crippen LogP contribution is -2.47. The van der Waals surface area contributed by atoms with Crippen molar-refractivity contribution in [2.75, 3.05) is 51.1 Å². The summed E-state index contributed by atoms with van der Waals surface area (Å²) in [6.45, 7) is 12.6. The zero-order valence-electron chi connectivity index (χ0n) is 11.7. The van der Waals surface area contributed by atoms with Crippen LogP contribution < -0.4 is 5.32 Å². The molecule has 3 heteroatoms. The standard InChI is InChI=1S/C15H25N3/c1-3-17-10-12-18(13-11-17)9-8-16-15-6-4-14(2)5-7-15/h4-7,16H,3,8-13H2,1-2H3. The maximum atomic E-state index is 3.49. The zero-order chi connectivity index (χ0) is 12.8. The molecule has 0 spiro atoms. The molecular weight excluding hydrogens is 222 g/mol. The fourth-order valence-electron chi connectivity index (χ4n) is 2.36. The van der Waals surface area contributed by atoms with E-state index in [4.69, 9.17) is 0 Å². The van der Waals surface area contributed by atoms with Crippen LogP contribution in [0.15, 0.2) is 24.3 Å². The molecule has 0 unspecified atom stereocenters. The van der Waals surface area contributed by atoms with Gasteiger partial charge in [0.1, 0.15) is 0 Å². The van der Waals surface area contributed by atoms with Gasteiger partial charge < -0.3 is 10.2 Å². The summed E-state index contributed by atoms with van der Waals surface area (Å²) in [4.78, 5) is 5.07. The van der Waals surface area contributed by atoms with E-state index in [1.807, 2.05) is 0 Å². The summed E-state index contributed by atoms with van der Waals surface area (Å²) in [6, 6.07) is 8.62.